The van der Waals surface area contributed by atoms with Gasteiger partial charge < -0.3 is 9.64 Å². The van der Waals surface area contributed by atoms with E-state index in [0.717, 1.165) is 31.6 Å². The van der Waals surface area contributed by atoms with Crippen molar-refractivity contribution in [3.05, 3.63) is 29.6 Å². The molecule has 0 N–H and O–H groups in total. The molecule has 1 saturated heterocycles. The van der Waals surface area contributed by atoms with Crippen LogP contribution in [0.5, 0.6) is 0 Å². The largest absolute Gasteiger partial charge is 0.378 e. The topological polar surface area (TPSA) is 12.5 Å². The molecule has 0 spiro atoms. The number of hydrogen-bond acceptors (Lipinski definition) is 2. The van der Waals surface area contributed by atoms with Crippen molar-refractivity contribution in [3.8, 4) is 0 Å². The van der Waals surface area contributed by atoms with E-state index in [2.05, 4.69) is 18.7 Å². The van der Waals surface area contributed by atoms with E-state index in [1.54, 1.807) is 6.07 Å². The van der Waals surface area contributed by atoms with Gasteiger partial charge >= 0.3 is 0 Å². The molecule has 1 aliphatic heterocycles. The number of anilines is 1. The fraction of sp³-hybridized carbons (Fsp3) is 0.600. The van der Waals surface area contributed by atoms with E-state index in [-0.39, 0.29) is 5.82 Å². The van der Waals surface area contributed by atoms with Gasteiger partial charge in [-0.2, -0.15) is 0 Å². The van der Waals surface area contributed by atoms with Gasteiger partial charge in [0.05, 0.1) is 18.9 Å². The summed E-state index contributed by atoms with van der Waals surface area (Å²) in [6.07, 6.45) is 2.18. The molecule has 0 saturated carbocycles. The zero-order chi connectivity index (χ0) is 13.0. The van der Waals surface area contributed by atoms with Crippen LogP contribution >= 0.6 is 0 Å². The van der Waals surface area contributed by atoms with E-state index in [9.17, 15) is 4.39 Å². The van der Waals surface area contributed by atoms with Crippen LogP contribution in [-0.2, 0) is 11.2 Å². The maximum absolute atomic E-state index is 13.9. The van der Waals surface area contributed by atoms with E-state index < -0.39 is 0 Å². The van der Waals surface area contributed by atoms with Gasteiger partial charge in [0, 0.05) is 13.1 Å². The van der Waals surface area contributed by atoms with Crippen LogP contribution in [0, 0.1) is 11.7 Å². The summed E-state index contributed by atoms with van der Waals surface area (Å²) >= 11 is 0. The lowest BCUT2D eigenvalue weighted by molar-refractivity contribution is 0.122. The highest BCUT2D eigenvalue weighted by atomic mass is 19.1. The Balaban J connectivity index is 2.15. The summed E-state index contributed by atoms with van der Waals surface area (Å²) in [6, 6.07) is 5.51. The van der Waals surface area contributed by atoms with E-state index >= 15 is 0 Å². The normalized spacial score (nSPS) is 17.8. The van der Waals surface area contributed by atoms with Gasteiger partial charge in [0.15, 0.2) is 0 Å². The Morgan fingerprint density at radius 1 is 1.33 bits per heavy atom. The first-order valence-corrected chi connectivity index (χ1v) is 6.81. The Hall–Kier alpha value is -1.09. The van der Waals surface area contributed by atoms with Gasteiger partial charge in [-0.3, -0.25) is 0 Å². The fourth-order valence-corrected chi connectivity index (χ4v) is 2.28. The molecule has 2 nitrogen and oxygen atoms in total. The van der Waals surface area contributed by atoms with Crippen LogP contribution in [-0.4, -0.2) is 26.3 Å². The molecule has 18 heavy (non-hydrogen) atoms. The van der Waals surface area contributed by atoms with Gasteiger partial charge in [-0.25, -0.2) is 4.39 Å². The summed E-state index contributed by atoms with van der Waals surface area (Å²) in [7, 11) is 0. The minimum Gasteiger partial charge on any atom is -0.378 e. The zero-order valence-corrected chi connectivity index (χ0v) is 11.3. The van der Waals surface area contributed by atoms with Crippen molar-refractivity contribution < 1.29 is 9.13 Å². The second kappa shape index (κ2) is 6.19. The Labute approximate surface area is 109 Å². The van der Waals surface area contributed by atoms with Crippen molar-refractivity contribution in [1.29, 1.82) is 0 Å². The molecule has 0 amide bonds. The molecule has 1 heterocycles. The molecule has 100 valence electrons. The number of halogens is 1. The number of morpholine rings is 1. The van der Waals surface area contributed by atoms with Crippen LogP contribution in [0.3, 0.4) is 0 Å². The second-order valence-corrected chi connectivity index (χ2v) is 5.10. The van der Waals surface area contributed by atoms with Gasteiger partial charge in [0.2, 0.25) is 0 Å². The lowest BCUT2D eigenvalue weighted by Crippen LogP contribution is -2.36. The van der Waals surface area contributed by atoms with Crippen molar-refractivity contribution in [2.75, 3.05) is 31.2 Å². The highest BCUT2D eigenvalue weighted by Crippen LogP contribution is 2.23. The minimum absolute atomic E-state index is 0.121. The van der Waals surface area contributed by atoms with Crippen LogP contribution in [0.4, 0.5) is 10.1 Å². The fourth-order valence-electron chi connectivity index (χ4n) is 2.28. The van der Waals surface area contributed by atoms with Gasteiger partial charge in [0.25, 0.3) is 0 Å². The van der Waals surface area contributed by atoms with Crippen molar-refractivity contribution in [2.24, 2.45) is 5.92 Å². The number of hydrogen-bond donors (Lipinski definition) is 0. The van der Waals surface area contributed by atoms with Crippen LogP contribution in [0.1, 0.15) is 25.8 Å². The quantitative estimate of drug-likeness (QED) is 0.814. The summed E-state index contributed by atoms with van der Waals surface area (Å²) in [6.45, 7) is 7.37. The standard InChI is InChI=1S/C15H22FNO/c1-3-12(2)10-13-4-5-14(16)15(11-13)17-6-8-18-9-7-17/h4-5,11-12H,3,6-10H2,1-2H3. The molecule has 0 bridgehead atoms. The summed E-state index contributed by atoms with van der Waals surface area (Å²) in [5, 5.41) is 0. The lowest BCUT2D eigenvalue weighted by Gasteiger charge is -2.29. The van der Waals surface area contributed by atoms with Crippen LogP contribution in [0.2, 0.25) is 0 Å². The van der Waals surface area contributed by atoms with Crippen molar-refractivity contribution in [2.45, 2.75) is 26.7 Å². The summed E-state index contributed by atoms with van der Waals surface area (Å²) in [5.41, 5.74) is 1.96. The summed E-state index contributed by atoms with van der Waals surface area (Å²) in [4.78, 5) is 2.08. The maximum Gasteiger partial charge on any atom is 0.146 e. The van der Waals surface area contributed by atoms with Gasteiger partial charge in [0.1, 0.15) is 5.82 Å². The third-order valence-corrected chi connectivity index (χ3v) is 3.64. The molecule has 0 aromatic heterocycles. The number of benzene rings is 1. The molecule has 0 radical (unpaired) electrons. The third-order valence-electron chi connectivity index (χ3n) is 3.64. The highest BCUT2D eigenvalue weighted by molar-refractivity contribution is 5.50. The molecule has 1 aromatic carbocycles. The van der Waals surface area contributed by atoms with Gasteiger partial charge in [-0.1, -0.05) is 26.3 Å². The molecular formula is C15H22FNO. The van der Waals surface area contributed by atoms with Crippen LogP contribution in [0.25, 0.3) is 0 Å². The average molecular weight is 251 g/mol. The summed E-state index contributed by atoms with van der Waals surface area (Å²) in [5.74, 6) is 0.526. The SMILES string of the molecule is CCC(C)Cc1ccc(F)c(N2CCOCC2)c1. The molecule has 1 unspecified atom stereocenters. The highest BCUT2D eigenvalue weighted by Gasteiger charge is 2.15. The van der Waals surface area contributed by atoms with Crippen molar-refractivity contribution in [1.82, 2.24) is 0 Å². The summed E-state index contributed by atoms with van der Waals surface area (Å²) < 4.78 is 19.2. The van der Waals surface area contributed by atoms with E-state index in [1.807, 2.05) is 12.1 Å². The zero-order valence-electron chi connectivity index (χ0n) is 11.3. The monoisotopic (exact) mass is 251 g/mol. The third kappa shape index (κ3) is 3.22. The Morgan fingerprint density at radius 2 is 2.06 bits per heavy atom. The molecule has 1 aliphatic rings. The first kappa shape index (κ1) is 13.3. The molecule has 2 rings (SSSR count). The van der Waals surface area contributed by atoms with E-state index in [0.29, 0.717) is 19.1 Å². The Morgan fingerprint density at radius 3 is 2.72 bits per heavy atom. The van der Waals surface area contributed by atoms with Crippen LogP contribution < -0.4 is 4.90 Å². The minimum atomic E-state index is -0.121. The van der Waals surface area contributed by atoms with E-state index in [1.165, 1.54) is 5.56 Å². The molecule has 3 heteroatoms. The predicted octanol–water partition coefficient (Wildman–Crippen LogP) is 3.25. The molecular weight excluding hydrogens is 229 g/mol. The number of rotatable bonds is 4. The van der Waals surface area contributed by atoms with Crippen molar-refractivity contribution >= 4 is 5.69 Å². The number of ether oxygens (including phenoxy) is 1. The first-order chi connectivity index (χ1) is 8.70. The Bertz CT molecular complexity index is 388. The first-order valence-electron chi connectivity index (χ1n) is 6.81. The average Bonchev–Trinajstić information content (AvgIpc) is 2.42. The maximum atomic E-state index is 13.9. The number of nitrogens with zero attached hydrogens (tertiary/aromatic N) is 1. The molecule has 1 atom stereocenters. The van der Waals surface area contributed by atoms with Crippen LogP contribution in [0.15, 0.2) is 18.2 Å². The van der Waals surface area contributed by atoms with Crippen molar-refractivity contribution in [3.63, 3.8) is 0 Å². The van der Waals surface area contributed by atoms with E-state index in [4.69, 9.17) is 4.74 Å². The Kier molecular flexibility index (Phi) is 4.59. The molecule has 0 aliphatic carbocycles. The van der Waals surface area contributed by atoms with Gasteiger partial charge in [-0.05, 0) is 30.0 Å². The smallest absolute Gasteiger partial charge is 0.146 e. The molecule has 1 aromatic rings. The van der Waals surface area contributed by atoms with Gasteiger partial charge in [-0.15, -0.1) is 0 Å². The lowest BCUT2D eigenvalue weighted by atomic mass is 9.98. The molecule has 1 fully saturated rings. The predicted molar refractivity (Wildman–Crippen MR) is 72.6 cm³/mol. The second-order valence-electron chi connectivity index (χ2n) is 5.10.